The van der Waals surface area contributed by atoms with E-state index >= 15 is 0 Å². The van der Waals surface area contributed by atoms with Gasteiger partial charge in [-0.3, -0.25) is 4.98 Å². The molecular weight excluding hydrogens is 301 g/mol. The number of aromatic nitrogens is 3. The van der Waals surface area contributed by atoms with Crippen LogP contribution in [-0.2, 0) is 0 Å². The standard InChI is InChI=1S/C20H16FN3/c1-12-10-15(5-7-17(12)21)19-20(24-13(2)23-19)16-6-8-18-14(11-16)4-3-9-22-18/h3-11H,1-2H3,(H,23,24). The summed E-state index contributed by atoms with van der Waals surface area (Å²) in [5.41, 5.74) is 5.27. The zero-order valence-corrected chi connectivity index (χ0v) is 13.5. The highest BCUT2D eigenvalue weighted by molar-refractivity contribution is 5.87. The minimum absolute atomic E-state index is 0.204. The lowest BCUT2D eigenvalue weighted by atomic mass is 10.0. The second-order valence-corrected chi connectivity index (χ2v) is 5.92. The number of hydrogen-bond donors (Lipinski definition) is 1. The quantitative estimate of drug-likeness (QED) is 0.562. The maximum atomic E-state index is 13.6. The fourth-order valence-corrected chi connectivity index (χ4v) is 2.93. The molecule has 2 aromatic carbocycles. The van der Waals surface area contributed by atoms with Gasteiger partial charge in [-0.25, -0.2) is 9.37 Å². The van der Waals surface area contributed by atoms with Crippen LogP contribution in [0.4, 0.5) is 4.39 Å². The third kappa shape index (κ3) is 2.46. The zero-order valence-electron chi connectivity index (χ0n) is 13.5. The number of imidazole rings is 1. The lowest BCUT2D eigenvalue weighted by molar-refractivity contribution is 0.619. The molecule has 0 bridgehead atoms. The molecular formula is C20H16FN3. The third-order valence-electron chi connectivity index (χ3n) is 4.15. The molecule has 24 heavy (non-hydrogen) atoms. The van der Waals surface area contributed by atoms with Crippen LogP contribution in [0.2, 0.25) is 0 Å². The summed E-state index contributed by atoms with van der Waals surface area (Å²) in [5, 5.41) is 1.07. The van der Waals surface area contributed by atoms with Gasteiger partial charge >= 0.3 is 0 Å². The number of rotatable bonds is 2. The van der Waals surface area contributed by atoms with Gasteiger partial charge < -0.3 is 4.98 Å². The Kier molecular flexibility index (Phi) is 3.38. The number of fused-ring (bicyclic) bond motifs is 1. The van der Waals surface area contributed by atoms with Gasteiger partial charge in [0.05, 0.1) is 16.9 Å². The zero-order chi connectivity index (χ0) is 16.7. The summed E-state index contributed by atoms with van der Waals surface area (Å²) in [6.07, 6.45) is 1.79. The lowest BCUT2D eigenvalue weighted by Crippen LogP contribution is -1.88. The van der Waals surface area contributed by atoms with E-state index in [1.54, 1.807) is 19.2 Å². The average Bonchev–Trinajstić information content (AvgIpc) is 2.99. The number of benzene rings is 2. The molecule has 0 amide bonds. The lowest BCUT2D eigenvalue weighted by Gasteiger charge is -2.06. The molecule has 0 aliphatic rings. The number of nitrogens with one attached hydrogen (secondary N) is 1. The summed E-state index contributed by atoms with van der Waals surface area (Å²) in [6, 6.07) is 15.2. The van der Waals surface area contributed by atoms with Crippen molar-refractivity contribution in [2.75, 3.05) is 0 Å². The Morgan fingerprint density at radius 1 is 0.958 bits per heavy atom. The topological polar surface area (TPSA) is 41.6 Å². The Bertz CT molecular complexity index is 1050. The van der Waals surface area contributed by atoms with Crippen LogP contribution in [0.5, 0.6) is 0 Å². The molecule has 2 heterocycles. The SMILES string of the molecule is Cc1nc(-c2ccc(F)c(C)c2)c(-c2ccc3ncccc3c2)[nH]1. The van der Waals surface area contributed by atoms with Gasteiger partial charge in [-0.2, -0.15) is 0 Å². The minimum atomic E-state index is -0.204. The molecule has 4 heteroatoms. The third-order valence-corrected chi connectivity index (χ3v) is 4.15. The van der Waals surface area contributed by atoms with Gasteiger partial charge in [-0.05, 0) is 55.8 Å². The molecule has 2 aromatic heterocycles. The number of aromatic amines is 1. The van der Waals surface area contributed by atoms with Gasteiger partial charge in [0.15, 0.2) is 0 Å². The first-order valence-electron chi connectivity index (χ1n) is 7.80. The van der Waals surface area contributed by atoms with Crippen LogP contribution in [0.15, 0.2) is 54.7 Å². The van der Waals surface area contributed by atoms with Crippen molar-refractivity contribution in [3.63, 3.8) is 0 Å². The molecule has 0 radical (unpaired) electrons. The van der Waals surface area contributed by atoms with Crippen molar-refractivity contribution >= 4 is 10.9 Å². The van der Waals surface area contributed by atoms with Crippen LogP contribution in [-0.4, -0.2) is 15.0 Å². The molecule has 0 saturated carbocycles. The Balaban J connectivity index is 1.90. The van der Waals surface area contributed by atoms with E-state index in [9.17, 15) is 4.39 Å². The van der Waals surface area contributed by atoms with E-state index in [1.807, 2.05) is 37.3 Å². The molecule has 0 fully saturated rings. The summed E-state index contributed by atoms with van der Waals surface area (Å²) in [6.45, 7) is 3.69. The maximum absolute atomic E-state index is 13.6. The van der Waals surface area contributed by atoms with Gasteiger partial charge in [-0.15, -0.1) is 0 Å². The number of H-pyrrole nitrogens is 1. The van der Waals surface area contributed by atoms with Crippen molar-refractivity contribution in [2.24, 2.45) is 0 Å². The Labute approximate surface area is 139 Å². The summed E-state index contributed by atoms with van der Waals surface area (Å²) in [4.78, 5) is 12.3. The molecule has 118 valence electrons. The molecule has 4 aromatic rings. The van der Waals surface area contributed by atoms with Crippen LogP contribution in [0.25, 0.3) is 33.4 Å². The fraction of sp³-hybridized carbons (Fsp3) is 0.100. The number of halogens is 1. The van der Waals surface area contributed by atoms with Crippen molar-refractivity contribution in [3.8, 4) is 22.5 Å². The first-order chi connectivity index (χ1) is 11.6. The van der Waals surface area contributed by atoms with Gasteiger partial charge in [0.25, 0.3) is 0 Å². The highest BCUT2D eigenvalue weighted by atomic mass is 19.1. The number of aryl methyl sites for hydroxylation is 2. The molecule has 1 N–H and O–H groups in total. The highest BCUT2D eigenvalue weighted by Gasteiger charge is 2.14. The average molecular weight is 317 g/mol. The Morgan fingerprint density at radius 2 is 1.79 bits per heavy atom. The molecule has 0 spiro atoms. The second-order valence-electron chi connectivity index (χ2n) is 5.92. The van der Waals surface area contributed by atoms with Gasteiger partial charge in [0, 0.05) is 22.7 Å². The first-order valence-corrected chi connectivity index (χ1v) is 7.80. The molecule has 0 aliphatic heterocycles. The molecule has 0 unspecified atom stereocenters. The number of hydrogen-bond acceptors (Lipinski definition) is 2. The summed E-state index contributed by atoms with van der Waals surface area (Å²) < 4.78 is 13.6. The molecule has 3 nitrogen and oxygen atoms in total. The molecule has 4 rings (SSSR count). The van der Waals surface area contributed by atoms with Crippen molar-refractivity contribution in [1.29, 1.82) is 0 Å². The second kappa shape index (κ2) is 5.57. The number of pyridine rings is 1. The van der Waals surface area contributed by atoms with E-state index in [-0.39, 0.29) is 5.82 Å². The summed E-state index contributed by atoms with van der Waals surface area (Å²) in [5.74, 6) is 0.623. The largest absolute Gasteiger partial charge is 0.342 e. The van der Waals surface area contributed by atoms with Gasteiger partial charge in [0.1, 0.15) is 11.6 Å². The monoisotopic (exact) mass is 317 g/mol. The van der Waals surface area contributed by atoms with E-state index in [0.29, 0.717) is 5.56 Å². The van der Waals surface area contributed by atoms with Crippen molar-refractivity contribution < 1.29 is 4.39 Å². The minimum Gasteiger partial charge on any atom is -0.342 e. The molecule has 0 atom stereocenters. The molecule has 0 saturated heterocycles. The van der Waals surface area contributed by atoms with Crippen LogP contribution in [0.1, 0.15) is 11.4 Å². The first kappa shape index (κ1) is 14.6. The van der Waals surface area contributed by atoms with E-state index in [2.05, 4.69) is 21.0 Å². The van der Waals surface area contributed by atoms with Gasteiger partial charge in [0.2, 0.25) is 0 Å². The molecule has 0 aliphatic carbocycles. The predicted molar refractivity (Wildman–Crippen MR) is 94.2 cm³/mol. The summed E-state index contributed by atoms with van der Waals surface area (Å²) in [7, 11) is 0. The maximum Gasteiger partial charge on any atom is 0.126 e. The van der Waals surface area contributed by atoms with Crippen molar-refractivity contribution in [1.82, 2.24) is 15.0 Å². The predicted octanol–water partition coefficient (Wildman–Crippen LogP) is 5.05. The Hall–Kier alpha value is -3.01. The fourth-order valence-electron chi connectivity index (χ4n) is 2.93. The smallest absolute Gasteiger partial charge is 0.126 e. The van der Waals surface area contributed by atoms with Crippen molar-refractivity contribution in [3.05, 3.63) is 71.9 Å². The van der Waals surface area contributed by atoms with E-state index < -0.39 is 0 Å². The highest BCUT2D eigenvalue weighted by Crippen LogP contribution is 2.32. The van der Waals surface area contributed by atoms with Crippen LogP contribution >= 0.6 is 0 Å². The Morgan fingerprint density at radius 3 is 2.62 bits per heavy atom. The van der Waals surface area contributed by atoms with E-state index in [4.69, 9.17) is 0 Å². The van der Waals surface area contributed by atoms with E-state index in [0.717, 1.165) is 39.2 Å². The van der Waals surface area contributed by atoms with Crippen molar-refractivity contribution in [2.45, 2.75) is 13.8 Å². The summed E-state index contributed by atoms with van der Waals surface area (Å²) >= 11 is 0. The van der Waals surface area contributed by atoms with Gasteiger partial charge in [-0.1, -0.05) is 12.1 Å². The van der Waals surface area contributed by atoms with Crippen LogP contribution in [0, 0.1) is 19.7 Å². The van der Waals surface area contributed by atoms with Crippen LogP contribution < -0.4 is 0 Å². The number of nitrogens with zero attached hydrogens (tertiary/aromatic N) is 2. The van der Waals surface area contributed by atoms with Crippen LogP contribution in [0.3, 0.4) is 0 Å². The normalized spacial score (nSPS) is 11.1. The van der Waals surface area contributed by atoms with E-state index in [1.165, 1.54) is 6.07 Å².